The van der Waals surface area contributed by atoms with Crippen LogP contribution in [0.3, 0.4) is 0 Å². The van der Waals surface area contributed by atoms with E-state index >= 15 is 0 Å². The highest BCUT2D eigenvalue weighted by Gasteiger charge is 2.33. The van der Waals surface area contributed by atoms with Gasteiger partial charge in [0.2, 0.25) is 10.0 Å². The van der Waals surface area contributed by atoms with Crippen molar-refractivity contribution in [1.82, 2.24) is 4.31 Å². The molecule has 1 aromatic carbocycles. The molecule has 0 spiro atoms. The Morgan fingerprint density at radius 3 is 2.52 bits per heavy atom. The van der Waals surface area contributed by atoms with E-state index in [0.717, 1.165) is 12.3 Å². The molecule has 0 amide bonds. The number of anilines is 1. The summed E-state index contributed by atoms with van der Waals surface area (Å²) in [6, 6.07) is 3.65. The predicted octanol–water partition coefficient (Wildman–Crippen LogP) is -0.325. The Hall–Kier alpha value is -1.16. The molecule has 0 aliphatic carbocycles. The van der Waals surface area contributed by atoms with Crippen molar-refractivity contribution < 1.29 is 21.9 Å². The molecule has 0 aromatic heterocycles. The fourth-order valence-electron chi connectivity index (χ4n) is 2.27. The van der Waals surface area contributed by atoms with E-state index in [4.69, 9.17) is 10.8 Å². The molecule has 1 unspecified atom stereocenters. The molecule has 1 fully saturated rings. The quantitative estimate of drug-likeness (QED) is 0.728. The summed E-state index contributed by atoms with van der Waals surface area (Å²) in [7, 11) is -7.38. The molecule has 7 nitrogen and oxygen atoms in total. The number of nitrogens with two attached hydrogens (primary N) is 1. The molecule has 1 heterocycles. The van der Waals surface area contributed by atoms with Crippen LogP contribution in [-0.2, 0) is 19.9 Å². The number of hydrogen-bond acceptors (Lipinski definition) is 6. The number of hydrogen-bond donors (Lipinski definition) is 2. The van der Waals surface area contributed by atoms with Gasteiger partial charge in [-0.2, -0.15) is 4.31 Å². The second-order valence-corrected chi connectivity index (χ2v) is 9.09. The van der Waals surface area contributed by atoms with Crippen molar-refractivity contribution >= 4 is 25.5 Å². The zero-order valence-electron chi connectivity index (χ0n) is 11.6. The lowest BCUT2D eigenvalue weighted by molar-refractivity contribution is 0.233. The maximum Gasteiger partial charge on any atom is 0.245 e. The van der Waals surface area contributed by atoms with Crippen LogP contribution in [0.4, 0.5) is 5.69 Å². The summed E-state index contributed by atoms with van der Waals surface area (Å²) in [5.41, 5.74) is 5.71. The van der Waals surface area contributed by atoms with Crippen LogP contribution < -0.4 is 5.73 Å². The summed E-state index contributed by atoms with van der Waals surface area (Å²) >= 11 is 0. The molecule has 1 aliphatic rings. The number of benzene rings is 1. The van der Waals surface area contributed by atoms with Gasteiger partial charge in [0.15, 0.2) is 9.84 Å². The minimum atomic E-state index is -3.86. The van der Waals surface area contributed by atoms with Crippen molar-refractivity contribution in [3.8, 4) is 0 Å². The van der Waals surface area contributed by atoms with Crippen LogP contribution in [0.15, 0.2) is 28.0 Å². The van der Waals surface area contributed by atoms with Crippen LogP contribution in [0.5, 0.6) is 0 Å². The number of nitrogens with zero attached hydrogens (tertiary/aromatic N) is 1. The predicted molar refractivity (Wildman–Crippen MR) is 77.9 cm³/mol. The van der Waals surface area contributed by atoms with Gasteiger partial charge in [0.25, 0.3) is 0 Å². The molecule has 0 saturated carbocycles. The Kier molecular flexibility index (Phi) is 4.29. The Morgan fingerprint density at radius 2 is 2.00 bits per heavy atom. The summed E-state index contributed by atoms with van der Waals surface area (Å²) in [5.74, 6) is -0.0981. The van der Waals surface area contributed by atoms with Crippen LogP contribution in [0, 0.1) is 5.92 Å². The van der Waals surface area contributed by atoms with Gasteiger partial charge in [0.1, 0.15) is 4.90 Å². The first-order chi connectivity index (χ1) is 9.66. The third-order valence-electron chi connectivity index (χ3n) is 3.54. The van der Waals surface area contributed by atoms with Crippen LogP contribution in [0.1, 0.15) is 6.42 Å². The molecule has 1 atom stereocenters. The SMILES string of the molecule is CS(=O)(=O)c1ccc(N)c(S(=O)(=O)N2CCC(CO)C2)c1. The summed E-state index contributed by atoms with van der Waals surface area (Å²) in [6.07, 6.45) is 1.58. The molecular formula is C12H18N2O5S2. The molecule has 0 bridgehead atoms. The van der Waals surface area contributed by atoms with Gasteiger partial charge in [0, 0.05) is 26.0 Å². The van der Waals surface area contributed by atoms with E-state index in [1.165, 1.54) is 16.4 Å². The van der Waals surface area contributed by atoms with E-state index in [1.807, 2.05) is 0 Å². The van der Waals surface area contributed by atoms with Crippen molar-refractivity contribution in [2.45, 2.75) is 16.2 Å². The number of sulfonamides is 1. The fraction of sp³-hybridized carbons (Fsp3) is 0.500. The lowest BCUT2D eigenvalue weighted by Crippen LogP contribution is -2.30. The highest BCUT2D eigenvalue weighted by Crippen LogP contribution is 2.29. The second kappa shape index (κ2) is 5.56. The van der Waals surface area contributed by atoms with E-state index in [9.17, 15) is 16.8 Å². The van der Waals surface area contributed by atoms with E-state index in [2.05, 4.69) is 0 Å². The smallest absolute Gasteiger partial charge is 0.245 e. The van der Waals surface area contributed by atoms with Gasteiger partial charge in [-0.15, -0.1) is 0 Å². The minimum absolute atomic E-state index is 0.00912. The molecule has 0 radical (unpaired) electrons. The van der Waals surface area contributed by atoms with Crippen LogP contribution >= 0.6 is 0 Å². The van der Waals surface area contributed by atoms with Gasteiger partial charge < -0.3 is 10.8 Å². The second-order valence-electron chi connectivity index (χ2n) is 5.17. The first-order valence-corrected chi connectivity index (χ1v) is 9.70. The first kappa shape index (κ1) is 16.2. The van der Waals surface area contributed by atoms with Gasteiger partial charge in [-0.3, -0.25) is 0 Å². The minimum Gasteiger partial charge on any atom is -0.398 e. The number of rotatable bonds is 4. The standard InChI is InChI=1S/C12H18N2O5S2/c1-20(16,17)10-2-3-11(13)12(6-10)21(18,19)14-5-4-9(7-14)8-15/h2-3,6,9,15H,4-5,7-8,13H2,1H3. The van der Waals surface area contributed by atoms with Gasteiger partial charge in [-0.05, 0) is 30.5 Å². The maximum atomic E-state index is 12.6. The highest BCUT2D eigenvalue weighted by molar-refractivity contribution is 7.91. The third kappa shape index (κ3) is 3.20. The number of aliphatic hydroxyl groups excluding tert-OH is 1. The summed E-state index contributed by atoms with van der Waals surface area (Å²) in [6.45, 7) is 0.419. The summed E-state index contributed by atoms with van der Waals surface area (Å²) in [5, 5.41) is 9.10. The summed E-state index contributed by atoms with van der Waals surface area (Å²) in [4.78, 5) is -0.294. The van der Waals surface area contributed by atoms with E-state index in [0.29, 0.717) is 6.42 Å². The molecule has 21 heavy (non-hydrogen) atoms. The average molecular weight is 334 g/mol. The van der Waals surface area contributed by atoms with E-state index in [1.54, 1.807) is 0 Å². The van der Waals surface area contributed by atoms with Crippen molar-refractivity contribution in [3.63, 3.8) is 0 Å². The zero-order valence-corrected chi connectivity index (χ0v) is 13.2. The fourth-order valence-corrected chi connectivity index (χ4v) is 4.67. The highest BCUT2D eigenvalue weighted by atomic mass is 32.2. The third-order valence-corrected chi connectivity index (χ3v) is 6.57. The molecular weight excluding hydrogens is 316 g/mol. The number of nitrogen functional groups attached to an aromatic ring is 1. The zero-order chi connectivity index (χ0) is 15.8. The van der Waals surface area contributed by atoms with Crippen LogP contribution in [0.2, 0.25) is 0 Å². The Bertz CT molecular complexity index is 743. The van der Waals surface area contributed by atoms with Crippen LogP contribution in [-0.4, -0.2) is 52.2 Å². The lowest BCUT2D eigenvalue weighted by Gasteiger charge is -2.18. The van der Waals surface area contributed by atoms with Crippen molar-refractivity contribution in [1.29, 1.82) is 0 Å². The van der Waals surface area contributed by atoms with Crippen molar-refractivity contribution in [2.75, 3.05) is 31.7 Å². The first-order valence-electron chi connectivity index (χ1n) is 6.37. The van der Waals surface area contributed by atoms with Gasteiger partial charge in [0.05, 0.1) is 10.6 Å². The number of sulfone groups is 1. The van der Waals surface area contributed by atoms with Gasteiger partial charge in [-0.25, -0.2) is 16.8 Å². The molecule has 3 N–H and O–H groups in total. The topological polar surface area (TPSA) is 118 Å². The molecule has 2 rings (SSSR count). The molecule has 1 aromatic rings. The van der Waals surface area contributed by atoms with Gasteiger partial charge >= 0.3 is 0 Å². The normalized spacial score (nSPS) is 20.8. The Morgan fingerprint density at radius 1 is 1.33 bits per heavy atom. The van der Waals surface area contributed by atoms with Crippen LogP contribution in [0.25, 0.3) is 0 Å². The lowest BCUT2D eigenvalue weighted by atomic mass is 10.1. The Balaban J connectivity index is 2.45. The largest absolute Gasteiger partial charge is 0.398 e. The van der Waals surface area contributed by atoms with Gasteiger partial charge in [-0.1, -0.05) is 0 Å². The van der Waals surface area contributed by atoms with Crippen molar-refractivity contribution in [3.05, 3.63) is 18.2 Å². The maximum absolute atomic E-state index is 12.6. The molecule has 118 valence electrons. The average Bonchev–Trinajstić information content (AvgIpc) is 2.87. The summed E-state index contributed by atoms with van der Waals surface area (Å²) < 4.78 is 49.5. The molecule has 9 heteroatoms. The van der Waals surface area contributed by atoms with Crippen molar-refractivity contribution in [2.24, 2.45) is 5.92 Å². The Labute approximate surface area is 124 Å². The van der Waals surface area contributed by atoms with E-state index < -0.39 is 19.9 Å². The van der Waals surface area contributed by atoms with E-state index in [-0.39, 0.29) is 41.1 Å². The molecule has 1 aliphatic heterocycles. The molecule has 1 saturated heterocycles. The monoisotopic (exact) mass is 334 g/mol. The number of aliphatic hydroxyl groups is 1.